The number of ether oxygens (including phenoxy) is 2. The quantitative estimate of drug-likeness (QED) is 0.623. The zero-order valence-electron chi connectivity index (χ0n) is 16.7. The third-order valence-corrected chi connectivity index (χ3v) is 5.12. The lowest BCUT2D eigenvalue weighted by Crippen LogP contribution is -3.14. The van der Waals surface area contributed by atoms with Gasteiger partial charge in [0.15, 0.2) is 5.11 Å². The largest absolute Gasteiger partial charge is 0.494 e. The second-order valence-electron chi connectivity index (χ2n) is 7.09. The number of hydrogen-bond acceptors (Lipinski definition) is 3. The molecule has 2 aromatic rings. The summed E-state index contributed by atoms with van der Waals surface area (Å²) in [6, 6.07) is 16.7. The van der Waals surface area contributed by atoms with E-state index >= 15 is 0 Å². The second-order valence-corrected chi connectivity index (χ2v) is 7.49. The average molecular weight is 401 g/mol. The van der Waals surface area contributed by atoms with E-state index < -0.39 is 0 Å². The van der Waals surface area contributed by atoms with Crippen molar-refractivity contribution in [2.75, 3.05) is 44.8 Å². The fourth-order valence-corrected chi connectivity index (χ4v) is 3.59. The summed E-state index contributed by atoms with van der Waals surface area (Å²) < 4.78 is 11.0. The molecule has 1 heterocycles. The Labute approximate surface area is 173 Å². The normalized spacial score (nSPS) is 15.6. The van der Waals surface area contributed by atoms with Gasteiger partial charge in [0, 0.05) is 5.69 Å². The number of thiocarbonyl (C=S) groups is 1. The molecular weight excluding hydrogens is 370 g/mol. The molecule has 0 aromatic heterocycles. The van der Waals surface area contributed by atoms with E-state index in [9.17, 15) is 0 Å². The molecule has 0 spiro atoms. The maximum atomic E-state index is 5.60. The van der Waals surface area contributed by atoms with Crippen LogP contribution in [0, 0.1) is 6.92 Å². The fraction of sp³-hybridized carbons (Fsp3) is 0.409. The van der Waals surface area contributed by atoms with Crippen LogP contribution in [0.1, 0.15) is 24.1 Å². The molecule has 0 bridgehead atoms. The molecule has 0 amide bonds. The molecule has 0 saturated carbocycles. The van der Waals surface area contributed by atoms with Gasteiger partial charge >= 0.3 is 0 Å². The molecule has 0 radical (unpaired) electrons. The molecule has 1 fully saturated rings. The summed E-state index contributed by atoms with van der Waals surface area (Å²) in [5.74, 6) is 0.861. The number of rotatable bonds is 7. The predicted molar refractivity (Wildman–Crippen MR) is 117 cm³/mol. The first-order valence-corrected chi connectivity index (χ1v) is 10.3. The van der Waals surface area contributed by atoms with Gasteiger partial charge in [0.1, 0.15) is 31.4 Å². The van der Waals surface area contributed by atoms with Crippen LogP contribution in [0.3, 0.4) is 0 Å². The first-order chi connectivity index (χ1) is 13.6. The molecular formula is C22H30N3O2S+. The molecule has 3 N–H and O–H groups in total. The Morgan fingerprint density at radius 3 is 2.43 bits per heavy atom. The number of benzene rings is 2. The Bertz CT molecular complexity index is 743. The average Bonchev–Trinajstić information content (AvgIpc) is 2.70. The Balaban J connectivity index is 1.65. The van der Waals surface area contributed by atoms with Crippen molar-refractivity contribution in [1.82, 2.24) is 5.32 Å². The van der Waals surface area contributed by atoms with E-state index in [1.165, 1.54) is 16.0 Å². The maximum absolute atomic E-state index is 5.60. The SMILES string of the molecule is CCOc1ccc(NC(=S)N[C@H](C[NH+]2CCOCC2)c2ccc(C)cc2)cc1. The molecule has 150 valence electrons. The summed E-state index contributed by atoms with van der Waals surface area (Å²) in [5, 5.41) is 7.43. The summed E-state index contributed by atoms with van der Waals surface area (Å²) >= 11 is 5.60. The minimum absolute atomic E-state index is 0.149. The fourth-order valence-electron chi connectivity index (χ4n) is 3.33. The lowest BCUT2D eigenvalue weighted by Gasteiger charge is -2.29. The van der Waals surface area contributed by atoms with Crippen molar-refractivity contribution >= 4 is 23.0 Å². The zero-order chi connectivity index (χ0) is 19.8. The summed E-state index contributed by atoms with van der Waals surface area (Å²) in [4.78, 5) is 1.54. The summed E-state index contributed by atoms with van der Waals surface area (Å²) in [5.41, 5.74) is 3.46. The van der Waals surface area contributed by atoms with E-state index in [2.05, 4.69) is 41.8 Å². The monoisotopic (exact) mass is 400 g/mol. The first-order valence-electron chi connectivity index (χ1n) is 9.92. The minimum Gasteiger partial charge on any atom is -0.494 e. The lowest BCUT2D eigenvalue weighted by molar-refractivity contribution is -0.909. The molecule has 5 nitrogen and oxygen atoms in total. The van der Waals surface area contributed by atoms with Crippen molar-refractivity contribution in [1.29, 1.82) is 0 Å². The number of morpholine rings is 1. The van der Waals surface area contributed by atoms with Crippen molar-refractivity contribution in [3.8, 4) is 5.75 Å². The van der Waals surface area contributed by atoms with Gasteiger partial charge in [-0.15, -0.1) is 0 Å². The minimum atomic E-state index is 0.149. The van der Waals surface area contributed by atoms with Crippen LogP contribution in [-0.2, 0) is 4.74 Å². The van der Waals surface area contributed by atoms with Gasteiger partial charge in [-0.1, -0.05) is 29.8 Å². The van der Waals surface area contributed by atoms with E-state index in [1.807, 2.05) is 31.2 Å². The standard InChI is InChI=1S/C22H29N3O2S/c1-3-27-20-10-8-19(9-11-20)23-22(28)24-21(16-25-12-14-26-15-13-25)18-6-4-17(2)5-7-18/h4-11,21H,3,12-16H2,1-2H3,(H2,23,24,28)/p+1/t21-/m1/s1. The van der Waals surface area contributed by atoms with E-state index in [4.69, 9.17) is 21.7 Å². The molecule has 0 unspecified atom stereocenters. The van der Waals surface area contributed by atoms with Crippen molar-refractivity contribution in [2.45, 2.75) is 19.9 Å². The Kier molecular flexibility index (Phi) is 7.65. The van der Waals surface area contributed by atoms with Gasteiger partial charge < -0.3 is 25.0 Å². The molecule has 1 aliphatic rings. The van der Waals surface area contributed by atoms with Gasteiger partial charge in [-0.2, -0.15) is 0 Å². The zero-order valence-corrected chi connectivity index (χ0v) is 17.5. The summed E-state index contributed by atoms with van der Waals surface area (Å²) in [7, 11) is 0. The van der Waals surface area contributed by atoms with Crippen LogP contribution < -0.4 is 20.3 Å². The van der Waals surface area contributed by atoms with Crippen molar-refractivity contribution < 1.29 is 14.4 Å². The highest BCUT2D eigenvalue weighted by atomic mass is 32.1. The van der Waals surface area contributed by atoms with Crippen molar-refractivity contribution in [3.63, 3.8) is 0 Å². The number of hydrogen-bond donors (Lipinski definition) is 3. The highest BCUT2D eigenvalue weighted by Gasteiger charge is 2.22. The van der Waals surface area contributed by atoms with Gasteiger partial charge in [0.05, 0.1) is 19.8 Å². The van der Waals surface area contributed by atoms with E-state index in [-0.39, 0.29) is 6.04 Å². The third kappa shape index (κ3) is 6.19. The van der Waals surface area contributed by atoms with E-state index in [0.29, 0.717) is 11.7 Å². The molecule has 2 aromatic carbocycles. The van der Waals surface area contributed by atoms with Crippen LogP contribution >= 0.6 is 12.2 Å². The van der Waals surface area contributed by atoms with Gasteiger partial charge in [0.25, 0.3) is 0 Å². The Morgan fingerprint density at radius 2 is 1.79 bits per heavy atom. The van der Waals surface area contributed by atoms with Crippen LogP contribution in [0.4, 0.5) is 5.69 Å². The molecule has 1 saturated heterocycles. The number of nitrogens with one attached hydrogen (secondary N) is 3. The first kappa shape index (κ1) is 20.6. The van der Waals surface area contributed by atoms with Crippen LogP contribution in [0.15, 0.2) is 48.5 Å². The lowest BCUT2D eigenvalue weighted by atomic mass is 10.0. The Hall–Kier alpha value is -2.15. The van der Waals surface area contributed by atoms with Gasteiger partial charge in [0.2, 0.25) is 0 Å². The topological polar surface area (TPSA) is 47.0 Å². The smallest absolute Gasteiger partial charge is 0.171 e. The maximum Gasteiger partial charge on any atom is 0.171 e. The van der Waals surface area contributed by atoms with Crippen molar-refractivity contribution in [2.24, 2.45) is 0 Å². The molecule has 28 heavy (non-hydrogen) atoms. The predicted octanol–water partition coefficient (Wildman–Crippen LogP) is 2.34. The summed E-state index contributed by atoms with van der Waals surface area (Å²) in [6.45, 7) is 9.43. The summed E-state index contributed by atoms with van der Waals surface area (Å²) in [6.07, 6.45) is 0. The third-order valence-electron chi connectivity index (χ3n) is 4.90. The van der Waals surface area contributed by atoms with Gasteiger partial charge in [-0.25, -0.2) is 0 Å². The number of quaternary nitrogens is 1. The number of anilines is 1. The van der Waals surface area contributed by atoms with Gasteiger partial charge in [-0.05, 0) is 55.9 Å². The molecule has 6 heteroatoms. The Morgan fingerprint density at radius 1 is 1.11 bits per heavy atom. The molecule has 1 aliphatic heterocycles. The van der Waals surface area contributed by atoms with Crippen LogP contribution in [0.25, 0.3) is 0 Å². The highest BCUT2D eigenvalue weighted by molar-refractivity contribution is 7.80. The highest BCUT2D eigenvalue weighted by Crippen LogP contribution is 2.17. The molecule has 3 rings (SSSR count). The van der Waals surface area contributed by atoms with Gasteiger partial charge in [-0.3, -0.25) is 0 Å². The molecule has 1 atom stereocenters. The molecule has 0 aliphatic carbocycles. The number of aryl methyl sites for hydroxylation is 1. The second kappa shape index (κ2) is 10.4. The van der Waals surface area contributed by atoms with E-state index in [0.717, 1.165) is 44.3 Å². The van der Waals surface area contributed by atoms with Crippen LogP contribution in [-0.4, -0.2) is 44.6 Å². The van der Waals surface area contributed by atoms with Crippen molar-refractivity contribution in [3.05, 3.63) is 59.7 Å². The van der Waals surface area contributed by atoms with Crippen LogP contribution in [0.2, 0.25) is 0 Å². The van der Waals surface area contributed by atoms with E-state index in [1.54, 1.807) is 0 Å². The van der Waals surface area contributed by atoms with Crippen LogP contribution in [0.5, 0.6) is 5.75 Å².